The van der Waals surface area contributed by atoms with Gasteiger partial charge in [-0.2, -0.15) is 10.5 Å². The Bertz CT molecular complexity index is 555. The van der Waals surface area contributed by atoms with Crippen molar-refractivity contribution in [1.82, 2.24) is 0 Å². The fraction of sp³-hybridized carbons (Fsp3) is 0.231. The molecule has 0 heterocycles. The van der Waals surface area contributed by atoms with Gasteiger partial charge in [0.25, 0.3) is 0 Å². The largest absolute Gasteiger partial charge is 0.193 e. The van der Waals surface area contributed by atoms with Gasteiger partial charge >= 0.3 is 0 Å². The molecule has 0 aromatic heterocycles. The molecule has 0 N–H and O–H groups in total. The maximum atomic E-state index is 8.94. The normalized spacial score (nSPS) is 25.3. The summed E-state index contributed by atoms with van der Waals surface area (Å²) in [7, 11) is 0. The Morgan fingerprint density at radius 2 is 2.00 bits per heavy atom. The Kier molecular flexibility index (Phi) is 1.50. The number of benzene rings is 1. The van der Waals surface area contributed by atoms with Crippen LogP contribution in [-0.2, 0) is 0 Å². The van der Waals surface area contributed by atoms with Crippen molar-refractivity contribution >= 4 is 0 Å². The minimum atomic E-state index is 0.294. The van der Waals surface area contributed by atoms with Crippen molar-refractivity contribution in [2.75, 3.05) is 0 Å². The van der Waals surface area contributed by atoms with Crippen molar-refractivity contribution in [2.45, 2.75) is 18.3 Å². The highest BCUT2D eigenvalue weighted by Gasteiger charge is 2.37. The lowest BCUT2D eigenvalue weighted by Gasteiger charge is -2.12. The quantitative estimate of drug-likeness (QED) is 0.634. The number of nitriles is 2. The van der Waals surface area contributed by atoms with Crippen LogP contribution >= 0.6 is 0 Å². The van der Waals surface area contributed by atoms with Gasteiger partial charge < -0.3 is 0 Å². The van der Waals surface area contributed by atoms with Crippen molar-refractivity contribution < 1.29 is 0 Å². The van der Waals surface area contributed by atoms with Gasteiger partial charge in [0.1, 0.15) is 0 Å². The second kappa shape index (κ2) is 2.72. The highest BCUT2D eigenvalue weighted by molar-refractivity contribution is 5.56. The number of hydrogen-bond donors (Lipinski definition) is 0. The summed E-state index contributed by atoms with van der Waals surface area (Å²) in [5.74, 6) is 0.663. The average Bonchev–Trinajstić information content (AvgIpc) is 2.86. The van der Waals surface area contributed by atoms with E-state index in [9.17, 15) is 0 Å². The minimum Gasteiger partial charge on any atom is -0.193 e. The van der Waals surface area contributed by atoms with E-state index in [2.05, 4.69) is 12.1 Å². The fourth-order valence-corrected chi connectivity index (χ4v) is 2.69. The lowest BCUT2D eigenvalue weighted by atomic mass is 9.91. The summed E-state index contributed by atoms with van der Waals surface area (Å²) in [6.07, 6.45) is 3.07. The highest BCUT2D eigenvalue weighted by Crippen LogP contribution is 2.52. The van der Waals surface area contributed by atoms with Gasteiger partial charge in [0.2, 0.25) is 0 Å². The van der Waals surface area contributed by atoms with Gasteiger partial charge in [-0.1, -0.05) is 12.1 Å². The van der Waals surface area contributed by atoms with Crippen molar-refractivity contribution in [3.63, 3.8) is 0 Å². The average molecular weight is 192 g/mol. The molecule has 0 radical (unpaired) electrons. The molecule has 0 unspecified atom stereocenters. The first kappa shape index (κ1) is 8.26. The van der Waals surface area contributed by atoms with E-state index in [1.54, 1.807) is 0 Å². The highest BCUT2D eigenvalue weighted by atomic mass is 14.4. The second-order valence-corrected chi connectivity index (χ2v) is 4.08. The van der Waals surface area contributed by atoms with E-state index in [1.807, 2.05) is 24.3 Å². The molecule has 1 aromatic carbocycles. The van der Waals surface area contributed by atoms with E-state index in [1.165, 1.54) is 11.1 Å². The molecule has 2 nitrogen and oxygen atoms in total. The lowest BCUT2D eigenvalue weighted by molar-refractivity contribution is 0.794. The fourth-order valence-electron chi connectivity index (χ4n) is 2.69. The summed E-state index contributed by atoms with van der Waals surface area (Å²) in [6, 6.07) is 10.2. The first-order valence-electron chi connectivity index (χ1n) is 4.99. The molecule has 0 saturated heterocycles. The predicted molar refractivity (Wildman–Crippen MR) is 55.0 cm³/mol. The molecule has 2 aliphatic rings. The molecule has 0 aliphatic heterocycles. The SMILES string of the molecule is N#CC1=C[C@@H]2C[C@@H]1c1ccc(C#N)cc12. The van der Waals surface area contributed by atoms with E-state index in [0.717, 1.165) is 12.0 Å². The van der Waals surface area contributed by atoms with Gasteiger partial charge in [0, 0.05) is 17.4 Å². The Morgan fingerprint density at radius 3 is 2.73 bits per heavy atom. The van der Waals surface area contributed by atoms with Crippen LogP contribution in [0.4, 0.5) is 0 Å². The number of fused-ring (bicyclic) bond motifs is 5. The zero-order valence-electron chi connectivity index (χ0n) is 8.07. The third-order valence-electron chi connectivity index (χ3n) is 3.37. The van der Waals surface area contributed by atoms with Crippen LogP contribution in [0.2, 0.25) is 0 Å². The molecule has 2 bridgehead atoms. The standard InChI is InChI=1S/C13H8N2/c14-6-8-1-2-11-12(3-8)9-4-10(7-15)13(11)5-9/h1-4,9,13H,5H2/t9-,13+/m1/s1. The molecule has 2 atom stereocenters. The monoisotopic (exact) mass is 192 g/mol. The smallest absolute Gasteiger partial charge is 0.0991 e. The molecule has 0 spiro atoms. The third-order valence-corrected chi connectivity index (χ3v) is 3.37. The molecular formula is C13H8N2. The zero-order chi connectivity index (χ0) is 10.4. The summed E-state index contributed by atoms with van der Waals surface area (Å²) < 4.78 is 0. The van der Waals surface area contributed by atoms with E-state index in [0.29, 0.717) is 17.4 Å². The van der Waals surface area contributed by atoms with Crippen molar-refractivity contribution in [3.05, 3.63) is 46.5 Å². The number of rotatable bonds is 0. The van der Waals surface area contributed by atoms with Gasteiger partial charge in [0.05, 0.1) is 17.7 Å². The van der Waals surface area contributed by atoms with Crippen LogP contribution in [-0.4, -0.2) is 0 Å². The molecule has 2 heteroatoms. The van der Waals surface area contributed by atoms with Gasteiger partial charge in [0.15, 0.2) is 0 Å². The predicted octanol–water partition coefficient (Wildman–Crippen LogP) is 2.59. The third kappa shape index (κ3) is 0.966. The second-order valence-electron chi connectivity index (χ2n) is 4.08. The van der Waals surface area contributed by atoms with Gasteiger partial charge in [-0.15, -0.1) is 0 Å². The molecule has 70 valence electrons. The zero-order valence-corrected chi connectivity index (χ0v) is 8.07. The first-order chi connectivity index (χ1) is 7.33. The van der Waals surface area contributed by atoms with Crippen LogP contribution in [0.25, 0.3) is 0 Å². The van der Waals surface area contributed by atoms with Gasteiger partial charge in [-0.3, -0.25) is 0 Å². The topological polar surface area (TPSA) is 47.6 Å². The molecule has 3 rings (SSSR count). The summed E-state index contributed by atoms with van der Waals surface area (Å²) in [4.78, 5) is 0. The van der Waals surface area contributed by atoms with Crippen molar-refractivity contribution in [2.24, 2.45) is 0 Å². The van der Waals surface area contributed by atoms with E-state index in [-0.39, 0.29) is 0 Å². The Hall–Kier alpha value is -2.06. The lowest BCUT2D eigenvalue weighted by Crippen LogP contribution is -1.98. The van der Waals surface area contributed by atoms with E-state index < -0.39 is 0 Å². The molecule has 2 aliphatic carbocycles. The van der Waals surface area contributed by atoms with Crippen LogP contribution < -0.4 is 0 Å². The summed E-state index contributed by atoms with van der Waals surface area (Å²) in [6.45, 7) is 0. The number of nitrogens with zero attached hydrogens (tertiary/aromatic N) is 2. The number of allylic oxidation sites excluding steroid dienone is 2. The summed E-state index contributed by atoms with van der Waals surface area (Å²) >= 11 is 0. The maximum absolute atomic E-state index is 8.94. The Morgan fingerprint density at radius 1 is 1.13 bits per heavy atom. The summed E-state index contributed by atoms with van der Waals surface area (Å²) in [5.41, 5.74) is 4.11. The molecule has 0 saturated carbocycles. The summed E-state index contributed by atoms with van der Waals surface area (Å²) in [5, 5.41) is 17.8. The Balaban J connectivity index is 2.16. The molecule has 1 aromatic rings. The van der Waals surface area contributed by atoms with Crippen molar-refractivity contribution in [3.8, 4) is 12.1 Å². The number of hydrogen-bond acceptors (Lipinski definition) is 2. The van der Waals surface area contributed by atoms with Gasteiger partial charge in [-0.05, 0) is 29.7 Å². The van der Waals surface area contributed by atoms with Crippen LogP contribution in [0, 0.1) is 22.7 Å². The van der Waals surface area contributed by atoms with Crippen LogP contribution in [0.15, 0.2) is 29.8 Å². The first-order valence-corrected chi connectivity index (χ1v) is 4.99. The van der Waals surface area contributed by atoms with Crippen molar-refractivity contribution in [1.29, 1.82) is 10.5 Å². The van der Waals surface area contributed by atoms with Crippen LogP contribution in [0.5, 0.6) is 0 Å². The molecule has 15 heavy (non-hydrogen) atoms. The van der Waals surface area contributed by atoms with E-state index in [4.69, 9.17) is 10.5 Å². The van der Waals surface area contributed by atoms with Crippen LogP contribution in [0.3, 0.4) is 0 Å². The minimum absolute atomic E-state index is 0.294. The molecular weight excluding hydrogens is 184 g/mol. The van der Waals surface area contributed by atoms with Crippen LogP contribution in [0.1, 0.15) is 34.9 Å². The molecule has 0 amide bonds. The molecule has 0 fully saturated rings. The Labute approximate surface area is 88.1 Å². The van der Waals surface area contributed by atoms with Gasteiger partial charge in [-0.25, -0.2) is 0 Å². The maximum Gasteiger partial charge on any atom is 0.0991 e. The van der Waals surface area contributed by atoms with E-state index >= 15 is 0 Å².